The molecule has 2 aromatic carbocycles. The van der Waals surface area contributed by atoms with Gasteiger partial charge in [-0.15, -0.1) is 0 Å². The lowest BCUT2D eigenvalue weighted by Gasteiger charge is -2.08. The van der Waals surface area contributed by atoms with Crippen LogP contribution in [0.3, 0.4) is 0 Å². The van der Waals surface area contributed by atoms with E-state index in [9.17, 15) is 13.6 Å². The number of hydrogen-bond acceptors (Lipinski definition) is 3. The quantitative estimate of drug-likeness (QED) is 0.770. The highest BCUT2D eigenvalue weighted by Crippen LogP contribution is 2.21. The molecule has 108 valence electrons. The summed E-state index contributed by atoms with van der Waals surface area (Å²) in [4.78, 5) is 13.6. The highest BCUT2D eigenvalue weighted by Gasteiger charge is 2.07. The van der Waals surface area contributed by atoms with Gasteiger partial charge >= 0.3 is 5.76 Å². The second-order valence-corrected chi connectivity index (χ2v) is 4.62. The molecular formula is C15H12F2N2O2. The van der Waals surface area contributed by atoms with E-state index in [1.54, 1.807) is 30.3 Å². The minimum absolute atomic E-state index is 0.00363. The molecule has 1 aromatic heterocycles. The third-order valence-electron chi connectivity index (χ3n) is 3.12. The number of rotatable bonds is 4. The summed E-state index contributed by atoms with van der Waals surface area (Å²) in [6.07, 6.45) is -2.47. The van der Waals surface area contributed by atoms with Gasteiger partial charge in [0, 0.05) is 17.8 Å². The minimum atomic E-state index is -2.47. The van der Waals surface area contributed by atoms with E-state index >= 15 is 0 Å². The largest absolute Gasteiger partial charge is 0.417 e. The average molecular weight is 290 g/mol. The van der Waals surface area contributed by atoms with Crippen molar-refractivity contribution < 1.29 is 13.2 Å². The lowest BCUT2D eigenvalue weighted by molar-refractivity contribution is 0.151. The second kappa shape index (κ2) is 5.40. The van der Waals surface area contributed by atoms with Gasteiger partial charge in [-0.2, -0.15) is 0 Å². The molecule has 3 aromatic rings. The summed E-state index contributed by atoms with van der Waals surface area (Å²) in [5, 5.41) is 3.12. The Hall–Kier alpha value is -2.63. The van der Waals surface area contributed by atoms with Crippen molar-refractivity contribution in [3.63, 3.8) is 0 Å². The van der Waals surface area contributed by atoms with E-state index in [0.29, 0.717) is 17.6 Å². The number of anilines is 1. The molecule has 0 spiro atoms. The molecule has 0 saturated carbocycles. The molecular weight excluding hydrogens is 278 g/mol. The fraction of sp³-hybridized carbons (Fsp3) is 0.133. The maximum absolute atomic E-state index is 12.6. The molecule has 1 heterocycles. The average Bonchev–Trinajstić information content (AvgIpc) is 2.84. The van der Waals surface area contributed by atoms with Crippen LogP contribution in [-0.2, 0) is 6.54 Å². The van der Waals surface area contributed by atoms with Crippen LogP contribution in [0.5, 0.6) is 0 Å². The topological polar surface area (TPSA) is 58.0 Å². The summed E-state index contributed by atoms with van der Waals surface area (Å²) in [7, 11) is 0. The maximum atomic E-state index is 12.6. The number of benzene rings is 2. The summed E-state index contributed by atoms with van der Waals surface area (Å²) >= 11 is 0. The molecule has 0 aliphatic rings. The minimum Gasteiger partial charge on any atom is -0.408 e. The van der Waals surface area contributed by atoms with Crippen molar-refractivity contribution in [1.82, 2.24) is 4.98 Å². The highest BCUT2D eigenvalue weighted by atomic mass is 19.3. The van der Waals surface area contributed by atoms with Crippen molar-refractivity contribution >= 4 is 16.8 Å². The Morgan fingerprint density at radius 2 is 2.05 bits per heavy atom. The van der Waals surface area contributed by atoms with Gasteiger partial charge in [0.15, 0.2) is 5.58 Å². The molecule has 0 bridgehead atoms. The zero-order chi connectivity index (χ0) is 14.8. The Kier molecular flexibility index (Phi) is 3.43. The lowest BCUT2D eigenvalue weighted by Crippen LogP contribution is -2.00. The van der Waals surface area contributed by atoms with Crippen LogP contribution in [0.4, 0.5) is 14.5 Å². The van der Waals surface area contributed by atoms with Crippen LogP contribution in [0, 0.1) is 0 Å². The van der Waals surface area contributed by atoms with E-state index < -0.39 is 12.2 Å². The molecule has 0 aliphatic heterocycles. The highest BCUT2D eigenvalue weighted by molar-refractivity contribution is 5.76. The third-order valence-corrected chi connectivity index (χ3v) is 3.12. The molecule has 0 aliphatic carbocycles. The van der Waals surface area contributed by atoms with E-state index in [4.69, 9.17) is 4.42 Å². The van der Waals surface area contributed by atoms with E-state index in [1.807, 2.05) is 0 Å². The summed E-state index contributed by atoms with van der Waals surface area (Å²) in [6, 6.07) is 11.4. The standard InChI is InChI=1S/C15H12F2N2O2/c16-14(17)10-3-1-2-9(6-10)8-18-11-4-5-13-12(7-11)19-15(20)21-13/h1-7,14,18H,8H2,(H,19,20). The van der Waals surface area contributed by atoms with Crippen LogP contribution in [0.2, 0.25) is 0 Å². The van der Waals surface area contributed by atoms with Crippen LogP contribution in [0.15, 0.2) is 51.7 Å². The normalized spacial score (nSPS) is 11.2. The molecule has 0 fully saturated rings. The first kappa shape index (κ1) is 13.4. The van der Waals surface area contributed by atoms with Crippen molar-refractivity contribution in [3.05, 3.63) is 64.1 Å². The number of H-pyrrole nitrogens is 1. The first-order valence-corrected chi connectivity index (χ1v) is 6.35. The molecule has 21 heavy (non-hydrogen) atoms. The molecule has 6 heteroatoms. The Balaban J connectivity index is 1.76. The number of halogens is 2. The number of alkyl halides is 2. The zero-order valence-corrected chi connectivity index (χ0v) is 10.9. The van der Waals surface area contributed by atoms with Crippen LogP contribution in [0.1, 0.15) is 17.6 Å². The molecule has 0 amide bonds. The van der Waals surface area contributed by atoms with Crippen molar-refractivity contribution in [1.29, 1.82) is 0 Å². The zero-order valence-electron chi connectivity index (χ0n) is 10.9. The number of nitrogens with one attached hydrogen (secondary N) is 2. The monoisotopic (exact) mass is 290 g/mol. The Bertz CT molecular complexity index is 824. The first-order chi connectivity index (χ1) is 10.1. The van der Waals surface area contributed by atoms with Gasteiger partial charge in [-0.05, 0) is 29.8 Å². The Morgan fingerprint density at radius 1 is 1.19 bits per heavy atom. The predicted molar refractivity (Wildman–Crippen MR) is 75.6 cm³/mol. The van der Waals surface area contributed by atoms with Crippen molar-refractivity contribution in [2.75, 3.05) is 5.32 Å². The molecule has 0 saturated heterocycles. The van der Waals surface area contributed by atoms with Gasteiger partial charge in [0.25, 0.3) is 6.43 Å². The van der Waals surface area contributed by atoms with E-state index in [1.165, 1.54) is 12.1 Å². The number of aromatic amines is 1. The van der Waals surface area contributed by atoms with Crippen molar-refractivity contribution in [3.8, 4) is 0 Å². The summed E-state index contributed by atoms with van der Waals surface area (Å²) < 4.78 is 30.2. The second-order valence-electron chi connectivity index (χ2n) is 4.62. The smallest absolute Gasteiger partial charge is 0.408 e. The number of fused-ring (bicyclic) bond motifs is 1. The lowest BCUT2D eigenvalue weighted by atomic mass is 10.1. The van der Waals surface area contributed by atoms with Gasteiger partial charge in [-0.3, -0.25) is 4.98 Å². The number of aromatic nitrogens is 1. The van der Waals surface area contributed by atoms with Crippen LogP contribution < -0.4 is 11.1 Å². The molecule has 0 radical (unpaired) electrons. The van der Waals surface area contributed by atoms with Crippen LogP contribution in [0.25, 0.3) is 11.1 Å². The van der Waals surface area contributed by atoms with Gasteiger partial charge in [0.2, 0.25) is 0 Å². The van der Waals surface area contributed by atoms with Gasteiger partial charge in [-0.25, -0.2) is 13.6 Å². The summed E-state index contributed by atoms with van der Waals surface area (Å²) in [6.45, 7) is 0.411. The summed E-state index contributed by atoms with van der Waals surface area (Å²) in [5.41, 5.74) is 2.59. The molecule has 3 rings (SSSR count). The van der Waals surface area contributed by atoms with Gasteiger partial charge in [-0.1, -0.05) is 18.2 Å². The van der Waals surface area contributed by atoms with E-state index in [0.717, 1.165) is 11.3 Å². The van der Waals surface area contributed by atoms with Gasteiger partial charge < -0.3 is 9.73 Å². The Morgan fingerprint density at radius 3 is 2.86 bits per heavy atom. The Labute approximate surface area is 118 Å². The van der Waals surface area contributed by atoms with E-state index in [2.05, 4.69) is 10.3 Å². The predicted octanol–water partition coefficient (Wildman–Crippen LogP) is 3.67. The molecule has 2 N–H and O–H groups in total. The molecule has 4 nitrogen and oxygen atoms in total. The van der Waals surface area contributed by atoms with E-state index in [-0.39, 0.29) is 5.56 Å². The van der Waals surface area contributed by atoms with Gasteiger partial charge in [0.1, 0.15) is 0 Å². The fourth-order valence-electron chi connectivity index (χ4n) is 2.10. The van der Waals surface area contributed by atoms with Crippen LogP contribution >= 0.6 is 0 Å². The fourth-order valence-corrected chi connectivity index (χ4v) is 2.10. The SMILES string of the molecule is O=c1[nH]c2cc(NCc3cccc(C(F)F)c3)ccc2o1. The van der Waals surface area contributed by atoms with Crippen molar-refractivity contribution in [2.45, 2.75) is 13.0 Å². The van der Waals surface area contributed by atoms with Crippen LogP contribution in [-0.4, -0.2) is 4.98 Å². The summed E-state index contributed by atoms with van der Waals surface area (Å²) in [5.74, 6) is -0.508. The number of oxazole rings is 1. The molecule has 0 unspecified atom stereocenters. The third kappa shape index (κ3) is 2.94. The molecule has 0 atom stereocenters. The van der Waals surface area contributed by atoms with Crippen molar-refractivity contribution in [2.24, 2.45) is 0 Å². The first-order valence-electron chi connectivity index (χ1n) is 6.35. The van der Waals surface area contributed by atoms with Gasteiger partial charge in [0.05, 0.1) is 5.52 Å². The number of hydrogen-bond donors (Lipinski definition) is 2. The maximum Gasteiger partial charge on any atom is 0.417 e.